The van der Waals surface area contributed by atoms with Crippen LogP contribution in [0.2, 0.25) is 0 Å². The molecule has 0 amide bonds. The van der Waals surface area contributed by atoms with Gasteiger partial charge in [-0.05, 0) is 18.1 Å². The van der Waals surface area contributed by atoms with Gasteiger partial charge in [0.25, 0.3) is 0 Å². The molecule has 7 heteroatoms. The van der Waals surface area contributed by atoms with Crippen molar-refractivity contribution < 1.29 is 19.0 Å². The van der Waals surface area contributed by atoms with Gasteiger partial charge in [0, 0.05) is 32.2 Å². The third kappa shape index (κ3) is 6.91. The van der Waals surface area contributed by atoms with E-state index in [0.717, 1.165) is 23.4 Å². The molecule has 34 heavy (non-hydrogen) atoms. The molecule has 3 rings (SSSR count). The van der Waals surface area contributed by atoms with E-state index in [4.69, 9.17) is 21.0 Å². The lowest BCUT2D eigenvalue weighted by molar-refractivity contribution is 0.0237. The number of aliphatic hydroxyl groups excluding tert-OH is 1. The van der Waals surface area contributed by atoms with Gasteiger partial charge in [0.2, 0.25) is 5.88 Å². The van der Waals surface area contributed by atoms with Gasteiger partial charge >= 0.3 is 0 Å². The molecule has 0 fully saturated rings. The van der Waals surface area contributed by atoms with Crippen molar-refractivity contribution in [1.29, 1.82) is 0 Å². The average Bonchev–Trinajstić information content (AvgIpc) is 3.10. The number of rotatable bonds is 12. The van der Waals surface area contributed by atoms with Gasteiger partial charge in [0.05, 0.1) is 18.3 Å². The number of halogens is 1. The minimum absolute atomic E-state index is 0.129. The summed E-state index contributed by atoms with van der Waals surface area (Å²) in [6, 6.07) is 16.1. The van der Waals surface area contributed by atoms with E-state index in [1.165, 1.54) is 6.07 Å². The minimum atomic E-state index is -0.708. The summed E-state index contributed by atoms with van der Waals surface area (Å²) in [7, 11) is 1.78. The summed E-state index contributed by atoms with van der Waals surface area (Å²) < 4.78 is 27.4. The molecule has 0 radical (unpaired) electrons. The van der Waals surface area contributed by atoms with Crippen molar-refractivity contribution in [3.8, 4) is 35.2 Å². The molecule has 180 valence electrons. The molecule has 0 saturated heterocycles. The lowest BCUT2D eigenvalue weighted by Crippen LogP contribution is -2.37. The van der Waals surface area contributed by atoms with Crippen molar-refractivity contribution in [2.75, 3.05) is 26.3 Å². The fourth-order valence-corrected chi connectivity index (χ4v) is 3.83. The van der Waals surface area contributed by atoms with Crippen LogP contribution in [0.4, 0.5) is 4.39 Å². The van der Waals surface area contributed by atoms with Crippen molar-refractivity contribution in [2.45, 2.75) is 26.5 Å². The molecular formula is C27H32FN3O3. The number of aromatic nitrogens is 2. The third-order valence-electron chi connectivity index (χ3n) is 5.15. The quantitative estimate of drug-likeness (QED) is 0.316. The number of terminal acetylenes is 1. The first kappa shape index (κ1) is 25.4. The monoisotopic (exact) mass is 465 g/mol. The lowest BCUT2D eigenvalue weighted by atomic mass is 10.1. The second-order valence-corrected chi connectivity index (χ2v) is 8.62. The van der Waals surface area contributed by atoms with Crippen LogP contribution in [0.3, 0.4) is 0 Å². The predicted molar refractivity (Wildman–Crippen MR) is 131 cm³/mol. The number of aryl methyl sites for hydroxylation is 1. The Bertz CT molecular complexity index is 1090. The van der Waals surface area contributed by atoms with Crippen LogP contribution in [0.1, 0.15) is 19.4 Å². The topological polar surface area (TPSA) is 59.8 Å². The standard InChI is InChI=1S/C27H32FN3O3/c1-5-15-33-19-22(32)17-31(16-20(2)3)18-23-26(21-11-7-6-8-12-21)29-30(4)27(23)34-25-14-10-9-13-24(25)28/h1,6-14,20,22,32H,15-19H2,2-4H3/t22-/m1/s1. The second-order valence-electron chi connectivity index (χ2n) is 8.62. The fraction of sp³-hybridized carbons (Fsp3) is 0.370. The summed E-state index contributed by atoms with van der Waals surface area (Å²) in [5.41, 5.74) is 2.49. The van der Waals surface area contributed by atoms with Crippen molar-refractivity contribution in [3.63, 3.8) is 0 Å². The van der Waals surface area contributed by atoms with Crippen LogP contribution < -0.4 is 4.74 Å². The number of hydrogen-bond donors (Lipinski definition) is 1. The number of nitrogens with zero attached hydrogens (tertiary/aromatic N) is 3. The molecule has 0 aliphatic heterocycles. The summed E-state index contributed by atoms with van der Waals surface area (Å²) in [6.45, 7) is 6.10. The Kier molecular flexibility index (Phi) is 9.23. The minimum Gasteiger partial charge on any atom is -0.436 e. The molecule has 0 aliphatic carbocycles. The molecule has 0 bridgehead atoms. The molecule has 3 aromatic rings. The Labute approximate surface area is 200 Å². The van der Waals surface area contributed by atoms with E-state index in [9.17, 15) is 9.50 Å². The highest BCUT2D eigenvalue weighted by Crippen LogP contribution is 2.35. The maximum absolute atomic E-state index is 14.4. The van der Waals surface area contributed by atoms with E-state index in [1.54, 1.807) is 29.9 Å². The maximum Gasteiger partial charge on any atom is 0.222 e. The smallest absolute Gasteiger partial charge is 0.222 e. The second kappa shape index (κ2) is 12.3. The summed E-state index contributed by atoms with van der Waals surface area (Å²) >= 11 is 0. The summed E-state index contributed by atoms with van der Waals surface area (Å²) in [5.74, 6) is 2.90. The zero-order chi connectivity index (χ0) is 24.5. The van der Waals surface area contributed by atoms with Gasteiger partial charge in [-0.2, -0.15) is 5.10 Å². The highest BCUT2D eigenvalue weighted by Gasteiger charge is 2.24. The molecule has 6 nitrogen and oxygen atoms in total. The molecule has 1 aromatic heterocycles. The molecule has 0 saturated carbocycles. The Hall–Kier alpha value is -3.18. The van der Waals surface area contributed by atoms with Crippen LogP contribution in [-0.2, 0) is 18.3 Å². The van der Waals surface area contributed by atoms with Crippen LogP contribution in [0.5, 0.6) is 11.6 Å². The molecular weight excluding hydrogens is 433 g/mol. The number of hydrogen-bond acceptors (Lipinski definition) is 5. The first-order valence-electron chi connectivity index (χ1n) is 11.3. The van der Waals surface area contributed by atoms with E-state index < -0.39 is 11.9 Å². The normalized spacial score (nSPS) is 12.2. The van der Waals surface area contributed by atoms with Crippen LogP contribution in [-0.4, -0.2) is 52.2 Å². The van der Waals surface area contributed by atoms with E-state index in [0.29, 0.717) is 24.9 Å². The Morgan fingerprint density at radius 1 is 1.12 bits per heavy atom. The van der Waals surface area contributed by atoms with E-state index in [2.05, 4.69) is 24.7 Å². The molecule has 2 aromatic carbocycles. The van der Waals surface area contributed by atoms with Gasteiger partial charge in [0.15, 0.2) is 11.6 Å². The first-order chi connectivity index (χ1) is 16.4. The lowest BCUT2D eigenvalue weighted by Gasteiger charge is -2.27. The van der Waals surface area contributed by atoms with Crippen LogP contribution in [0.15, 0.2) is 54.6 Å². The van der Waals surface area contributed by atoms with Crippen LogP contribution in [0, 0.1) is 24.1 Å². The first-order valence-corrected chi connectivity index (χ1v) is 11.3. The van der Waals surface area contributed by atoms with Gasteiger partial charge in [-0.25, -0.2) is 9.07 Å². The fourth-order valence-electron chi connectivity index (χ4n) is 3.83. The van der Waals surface area contributed by atoms with Gasteiger partial charge in [-0.3, -0.25) is 4.90 Å². The van der Waals surface area contributed by atoms with Gasteiger partial charge in [-0.1, -0.05) is 62.2 Å². The van der Waals surface area contributed by atoms with E-state index in [1.807, 2.05) is 30.3 Å². The highest BCUT2D eigenvalue weighted by atomic mass is 19.1. The molecule has 1 N–H and O–H groups in total. The molecule has 0 spiro atoms. The Morgan fingerprint density at radius 3 is 2.50 bits per heavy atom. The summed E-state index contributed by atoms with van der Waals surface area (Å²) in [5, 5.41) is 15.2. The maximum atomic E-state index is 14.4. The van der Waals surface area contributed by atoms with Crippen LogP contribution in [0.25, 0.3) is 11.3 Å². The third-order valence-corrected chi connectivity index (χ3v) is 5.15. The largest absolute Gasteiger partial charge is 0.436 e. The number of para-hydroxylation sites is 1. The Balaban J connectivity index is 1.96. The van der Waals surface area contributed by atoms with Gasteiger partial charge < -0.3 is 14.6 Å². The predicted octanol–water partition coefficient (Wildman–Crippen LogP) is 4.49. The van der Waals surface area contributed by atoms with Crippen molar-refractivity contribution in [3.05, 3.63) is 66.0 Å². The molecule has 0 unspecified atom stereocenters. The average molecular weight is 466 g/mol. The zero-order valence-electron chi connectivity index (χ0n) is 19.9. The number of aliphatic hydroxyl groups is 1. The molecule has 1 heterocycles. The van der Waals surface area contributed by atoms with Crippen molar-refractivity contribution >= 4 is 0 Å². The van der Waals surface area contributed by atoms with Crippen LogP contribution >= 0.6 is 0 Å². The number of benzene rings is 2. The SMILES string of the molecule is C#CCOC[C@H](O)CN(Cc1c(-c2ccccc2)nn(C)c1Oc1ccccc1F)CC(C)C. The van der Waals surface area contributed by atoms with Crippen molar-refractivity contribution in [1.82, 2.24) is 14.7 Å². The van der Waals surface area contributed by atoms with Gasteiger partial charge in [-0.15, -0.1) is 6.42 Å². The molecule has 1 atom stereocenters. The van der Waals surface area contributed by atoms with Gasteiger partial charge in [0.1, 0.15) is 12.3 Å². The zero-order valence-corrected chi connectivity index (χ0v) is 19.9. The summed E-state index contributed by atoms with van der Waals surface area (Å²) in [4.78, 5) is 2.13. The summed E-state index contributed by atoms with van der Waals surface area (Å²) in [6.07, 6.45) is 4.52. The van der Waals surface area contributed by atoms with E-state index >= 15 is 0 Å². The Morgan fingerprint density at radius 2 is 1.82 bits per heavy atom. The van der Waals surface area contributed by atoms with E-state index in [-0.39, 0.29) is 19.0 Å². The number of ether oxygens (including phenoxy) is 2. The highest BCUT2D eigenvalue weighted by molar-refractivity contribution is 5.65. The molecule has 0 aliphatic rings. The van der Waals surface area contributed by atoms with Crippen molar-refractivity contribution in [2.24, 2.45) is 13.0 Å².